The van der Waals surface area contributed by atoms with Crippen molar-refractivity contribution in [3.05, 3.63) is 29.1 Å². The SMILES string of the molecule is C=CCN1CCN(S(=O)(=O)c2ccc(Cl)s2)CC1. The normalized spacial score (nSPS) is 18.9. The summed E-state index contributed by atoms with van der Waals surface area (Å²) in [4.78, 5) is 2.18. The second-order valence-electron chi connectivity index (χ2n) is 4.05. The topological polar surface area (TPSA) is 40.6 Å². The van der Waals surface area contributed by atoms with Crippen molar-refractivity contribution in [3.8, 4) is 0 Å². The molecule has 0 spiro atoms. The van der Waals surface area contributed by atoms with Gasteiger partial charge < -0.3 is 0 Å². The van der Waals surface area contributed by atoms with E-state index in [4.69, 9.17) is 11.6 Å². The lowest BCUT2D eigenvalue weighted by atomic mass is 10.3. The molecule has 2 heterocycles. The zero-order chi connectivity index (χ0) is 13.2. The monoisotopic (exact) mass is 306 g/mol. The van der Waals surface area contributed by atoms with Crippen LogP contribution in [0.4, 0.5) is 0 Å². The molecular formula is C11H15ClN2O2S2. The minimum absolute atomic E-state index is 0.324. The van der Waals surface area contributed by atoms with Gasteiger partial charge in [0.15, 0.2) is 0 Å². The van der Waals surface area contributed by atoms with E-state index >= 15 is 0 Å². The van der Waals surface area contributed by atoms with Crippen molar-refractivity contribution in [3.63, 3.8) is 0 Å². The minimum atomic E-state index is -3.36. The largest absolute Gasteiger partial charge is 0.297 e. The second-order valence-corrected chi connectivity index (χ2v) is 7.93. The molecular weight excluding hydrogens is 292 g/mol. The maximum absolute atomic E-state index is 12.3. The van der Waals surface area contributed by atoms with Gasteiger partial charge in [-0.05, 0) is 12.1 Å². The van der Waals surface area contributed by atoms with E-state index in [1.807, 2.05) is 6.08 Å². The first-order valence-corrected chi connectivity index (χ1v) is 8.26. The summed E-state index contributed by atoms with van der Waals surface area (Å²) in [5.41, 5.74) is 0. The van der Waals surface area contributed by atoms with Crippen LogP contribution >= 0.6 is 22.9 Å². The third kappa shape index (κ3) is 2.95. The molecule has 1 aliphatic rings. The summed E-state index contributed by atoms with van der Waals surface area (Å²) in [7, 11) is -3.36. The lowest BCUT2D eigenvalue weighted by molar-refractivity contribution is 0.204. The number of thiophene rings is 1. The highest BCUT2D eigenvalue weighted by Gasteiger charge is 2.29. The highest BCUT2D eigenvalue weighted by atomic mass is 35.5. The predicted octanol–water partition coefficient (Wildman–Crippen LogP) is 1.89. The van der Waals surface area contributed by atoms with Crippen molar-refractivity contribution in [2.45, 2.75) is 4.21 Å². The van der Waals surface area contributed by atoms with Crippen LogP contribution in [-0.4, -0.2) is 50.3 Å². The standard InChI is InChI=1S/C11H15ClN2O2S2/c1-2-5-13-6-8-14(9-7-13)18(15,16)11-4-3-10(12)17-11/h2-4H,1,5-9H2. The predicted molar refractivity (Wildman–Crippen MR) is 74.7 cm³/mol. The molecule has 7 heteroatoms. The van der Waals surface area contributed by atoms with E-state index in [9.17, 15) is 8.42 Å². The van der Waals surface area contributed by atoms with Gasteiger partial charge in [-0.2, -0.15) is 4.31 Å². The van der Waals surface area contributed by atoms with Crippen LogP contribution in [0.2, 0.25) is 4.34 Å². The molecule has 4 nitrogen and oxygen atoms in total. The summed E-state index contributed by atoms with van der Waals surface area (Å²) >= 11 is 6.89. The molecule has 18 heavy (non-hydrogen) atoms. The van der Waals surface area contributed by atoms with Gasteiger partial charge in [-0.3, -0.25) is 4.90 Å². The van der Waals surface area contributed by atoms with Crippen molar-refractivity contribution in [2.24, 2.45) is 0 Å². The van der Waals surface area contributed by atoms with Gasteiger partial charge in [0.25, 0.3) is 10.0 Å². The van der Waals surface area contributed by atoms with Crippen molar-refractivity contribution < 1.29 is 8.42 Å². The smallest absolute Gasteiger partial charge is 0.252 e. The Morgan fingerprint density at radius 1 is 1.33 bits per heavy atom. The average Bonchev–Trinajstić information content (AvgIpc) is 2.78. The lowest BCUT2D eigenvalue weighted by Crippen LogP contribution is -2.48. The highest BCUT2D eigenvalue weighted by Crippen LogP contribution is 2.28. The maximum Gasteiger partial charge on any atom is 0.252 e. The van der Waals surface area contributed by atoms with Crippen LogP contribution in [0.3, 0.4) is 0 Å². The van der Waals surface area contributed by atoms with Crippen LogP contribution < -0.4 is 0 Å². The van der Waals surface area contributed by atoms with Crippen molar-refractivity contribution >= 4 is 33.0 Å². The Balaban J connectivity index is 2.07. The molecule has 0 radical (unpaired) electrons. The molecule has 0 aromatic carbocycles. The molecule has 2 rings (SSSR count). The van der Waals surface area contributed by atoms with Gasteiger partial charge in [0.1, 0.15) is 4.21 Å². The van der Waals surface area contributed by atoms with Crippen LogP contribution in [0.15, 0.2) is 29.0 Å². The van der Waals surface area contributed by atoms with Gasteiger partial charge in [0, 0.05) is 32.7 Å². The Morgan fingerprint density at radius 2 is 2.00 bits per heavy atom. The van der Waals surface area contributed by atoms with Crippen LogP contribution in [0.25, 0.3) is 0 Å². The van der Waals surface area contributed by atoms with Crippen LogP contribution in [0.5, 0.6) is 0 Å². The van der Waals surface area contributed by atoms with Crippen LogP contribution in [0, 0.1) is 0 Å². The molecule has 0 saturated carbocycles. The average molecular weight is 307 g/mol. The van der Waals surface area contributed by atoms with E-state index in [1.165, 1.54) is 4.31 Å². The summed E-state index contributed by atoms with van der Waals surface area (Å²) in [6, 6.07) is 3.19. The third-order valence-electron chi connectivity index (χ3n) is 2.86. The second kappa shape index (κ2) is 5.71. The van der Waals surface area contributed by atoms with E-state index in [0.717, 1.165) is 31.0 Å². The van der Waals surface area contributed by atoms with Crippen molar-refractivity contribution in [1.29, 1.82) is 0 Å². The third-order valence-corrected chi connectivity index (χ3v) is 6.46. The van der Waals surface area contributed by atoms with Crippen LogP contribution in [0.1, 0.15) is 0 Å². The van der Waals surface area contributed by atoms with Crippen molar-refractivity contribution in [1.82, 2.24) is 9.21 Å². The Labute approximate surface area is 117 Å². The molecule has 0 aliphatic carbocycles. The molecule has 1 aromatic heterocycles. The number of hydrogen-bond donors (Lipinski definition) is 0. The lowest BCUT2D eigenvalue weighted by Gasteiger charge is -2.32. The summed E-state index contributed by atoms with van der Waals surface area (Å²) < 4.78 is 27.0. The van der Waals surface area contributed by atoms with E-state index in [0.29, 0.717) is 21.6 Å². The fourth-order valence-corrected chi connectivity index (χ4v) is 4.96. The fraction of sp³-hybridized carbons (Fsp3) is 0.455. The molecule has 0 unspecified atom stereocenters. The van der Waals surface area contributed by atoms with Crippen LogP contribution in [-0.2, 0) is 10.0 Å². The number of rotatable bonds is 4. The first-order chi connectivity index (χ1) is 8.54. The number of hydrogen-bond acceptors (Lipinski definition) is 4. The summed E-state index contributed by atoms with van der Waals surface area (Å²) in [6.07, 6.45) is 1.84. The molecule has 1 saturated heterocycles. The first kappa shape index (κ1) is 14.0. The Bertz CT molecular complexity index is 519. The van der Waals surface area contributed by atoms with E-state index in [1.54, 1.807) is 12.1 Å². The maximum atomic E-state index is 12.3. The van der Waals surface area contributed by atoms with Gasteiger partial charge in [0.2, 0.25) is 0 Å². The molecule has 0 amide bonds. The number of halogens is 1. The highest BCUT2D eigenvalue weighted by molar-refractivity contribution is 7.91. The summed E-state index contributed by atoms with van der Waals surface area (Å²) in [6.45, 7) is 7.01. The molecule has 0 atom stereocenters. The zero-order valence-corrected chi connectivity index (χ0v) is 12.3. The van der Waals surface area contributed by atoms with Gasteiger partial charge in [0.05, 0.1) is 4.34 Å². The quantitative estimate of drug-likeness (QED) is 0.798. The van der Waals surface area contributed by atoms with E-state index < -0.39 is 10.0 Å². The molecule has 1 aliphatic heterocycles. The number of nitrogens with zero attached hydrogens (tertiary/aromatic N) is 2. The van der Waals surface area contributed by atoms with Gasteiger partial charge in [-0.1, -0.05) is 17.7 Å². The minimum Gasteiger partial charge on any atom is -0.297 e. The molecule has 100 valence electrons. The van der Waals surface area contributed by atoms with Gasteiger partial charge >= 0.3 is 0 Å². The van der Waals surface area contributed by atoms with Gasteiger partial charge in [-0.15, -0.1) is 17.9 Å². The Kier molecular flexibility index (Phi) is 4.45. The molecule has 1 aromatic rings. The molecule has 1 fully saturated rings. The number of piperazine rings is 1. The Morgan fingerprint density at radius 3 is 2.50 bits per heavy atom. The molecule has 0 bridgehead atoms. The van der Waals surface area contributed by atoms with Gasteiger partial charge in [-0.25, -0.2) is 8.42 Å². The van der Waals surface area contributed by atoms with Crippen molar-refractivity contribution in [2.75, 3.05) is 32.7 Å². The fourth-order valence-electron chi connectivity index (χ4n) is 1.90. The Hall–Kier alpha value is -0.400. The van der Waals surface area contributed by atoms with E-state index in [2.05, 4.69) is 11.5 Å². The molecule has 0 N–H and O–H groups in total. The number of sulfonamides is 1. The first-order valence-electron chi connectivity index (χ1n) is 5.63. The summed E-state index contributed by atoms with van der Waals surface area (Å²) in [5, 5.41) is 0. The van der Waals surface area contributed by atoms with E-state index in [-0.39, 0.29) is 0 Å². The zero-order valence-electron chi connectivity index (χ0n) is 9.88. The summed E-state index contributed by atoms with van der Waals surface area (Å²) in [5.74, 6) is 0.